The molecule has 0 unspecified atom stereocenters. The molecule has 2 aromatic heterocycles. The van der Waals surface area contributed by atoms with Crippen LogP contribution >= 0.6 is 0 Å². The fourth-order valence-corrected chi connectivity index (χ4v) is 1.20. The Kier molecular flexibility index (Phi) is 2.74. The Labute approximate surface area is 87.9 Å². The number of rotatable bonds is 2. The lowest BCUT2D eigenvalue weighted by Crippen LogP contribution is -2.23. The molecule has 2 rings (SSSR count). The molecule has 0 amide bonds. The summed E-state index contributed by atoms with van der Waals surface area (Å²) in [5, 5.41) is 10.8. The van der Waals surface area contributed by atoms with E-state index in [1.807, 2.05) is 24.3 Å². The lowest BCUT2D eigenvalue weighted by molar-refractivity contribution is -0.605. The molecule has 0 fully saturated rings. The standard InChI is InChI=1S/C12H10N2O/c15-14-9-5-12(6-10-14)2-1-11-3-7-13-8-4-11/h1-10H/b2-1+. The van der Waals surface area contributed by atoms with Crippen molar-refractivity contribution in [3.8, 4) is 0 Å². The van der Waals surface area contributed by atoms with Gasteiger partial charge in [-0.15, -0.1) is 0 Å². The van der Waals surface area contributed by atoms with Crippen molar-refractivity contribution in [2.75, 3.05) is 0 Å². The molecule has 0 atom stereocenters. The van der Waals surface area contributed by atoms with Crippen molar-refractivity contribution in [2.24, 2.45) is 0 Å². The van der Waals surface area contributed by atoms with E-state index >= 15 is 0 Å². The largest absolute Gasteiger partial charge is 0.619 e. The van der Waals surface area contributed by atoms with E-state index in [1.165, 1.54) is 12.4 Å². The molecule has 15 heavy (non-hydrogen) atoms. The van der Waals surface area contributed by atoms with Crippen LogP contribution in [-0.2, 0) is 0 Å². The third kappa shape index (κ3) is 2.64. The van der Waals surface area contributed by atoms with Gasteiger partial charge in [0.2, 0.25) is 0 Å². The van der Waals surface area contributed by atoms with Crippen LogP contribution in [0.25, 0.3) is 12.2 Å². The summed E-state index contributed by atoms with van der Waals surface area (Å²) in [5.41, 5.74) is 2.09. The summed E-state index contributed by atoms with van der Waals surface area (Å²) >= 11 is 0. The predicted octanol–water partition coefficient (Wildman–Crippen LogP) is 1.89. The van der Waals surface area contributed by atoms with Gasteiger partial charge in [-0.2, -0.15) is 4.73 Å². The van der Waals surface area contributed by atoms with Crippen molar-refractivity contribution in [3.63, 3.8) is 0 Å². The number of hydrogen-bond donors (Lipinski definition) is 0. The lowest BCUT2D eigenvalue weighted by atomic mass is 10.2. The van der Waals surface area contributed by atoms with Gasteiger partial charge in [-0.25, -0.2) is 0 Å². The van der Waals surface area contributed by atoms with E-state index in [2.05, 4.69) is 4.98 Å². The molecule has 2 heterocycles. The number of hydrogen-bond acceptors (Lipinski definition) is 2. The predicted molar refractivity (Wildman–Crippen MR) is 58.6 cm³/mol. The minimum absolute atomic E-state index is 0.768. The number of nitrogens with zero attached hydrogens (tertiary/aromatic N) is 2. The van der Waals surface area contributed by atoms with E-state index in [0.29, 0.717) is 0 Å². The van der Waals surface area contributed by atoms with Crippen LogP contribution in [0.5, 0.6) is 0 Å². The zero-order valence-corrected chi connectivity index (χ0v) is 8.08. The zero-order valence-electron chi connectivity index (χ0n) is 8.08. The summed E-state index contributed by atoms with van der Waals surface area (Å²) in [5.74, 6) is 0. The highest BCUT2D eigenvalue weighted by Crippen LogP contribution is 2.05. The Morgan fingerprint density at radius 1 is 0.933 bits per heavy atom. The first-order valence-electron chi connectivity index (χ1n) is 4.61. The van der Waals surface area contributed by atoms with Gasteiger partial charge in [0.25, 0.3) is 0 Å². The molecule has 3 nitrogen and oxygen atoms in total. The fraction of sp³-hybridized carbons (Fsp3) is 0. The van der Waals surface area contributed by atoms with Crippen LogP contribution in [-0.4, -0.2) is 4.98 Å². The van der Waals surface area contributed by atoms with E-state index in [9.17, 15) is 5.21 Å². The van der Waals surface area contributed by atoms with Gasteiger partial charge in [0.05, 0.1) is 0 Å². The maximum absolute atomic E-state index is 10.8. The zero-order chi connectivity index (χ0) is 10.5. The molecule has 3 heteroatoms. The van der Waals surface area contributed by atoms with Crippen molar-refractivity contribution in [3.05, 3.63) is 65.4 Å². The molecule has 0 aliphatic carbocycles. The van der Waals surface area contributed by atoms with Gasteiger partial charge in [0, 0.05) is 24.5 Å². The van der Waals surface area contributed by atoms with Crippen LogP contribution in [0.3, 0.4) is 0 Å². The quantitative estimate of drug-likeness (QED) is 0.546. The van der Waals surface area contributed by atoms with Gasteiger partial charge < -0.3 is 5.21 Å². The highest BCUT2D eigenvalue weighted by molar-refractivity contribution is 5.68. The monoisotopic (exact) mass is 198 g/mol. The Bertz CT molecular complexity index is 449. The third-order valence-electron chi connectivity index (χ3n) is 2.00. The third-order valence-corrected chi connectivity index (χ3v) is 2.00. The molecular weight excluding hydrogens is 188 g/mol. The van der Waals surface area contributed by atoms with Crippen LogP contribution in [0.2, 0.25) is 0 Å². The molecule has 0 N–H and O–H groups in total. The molecule has 0 aliphatic heterocycles. The Hall–Kier alpha value is -2.16. The highest BCUT2D eigenvalue weighted by Gasteiger charge is 1.90. The Balaban J connectivity index is 2.15. The number of pyridine rings is 2. The smallest absolute Gasteiger partial charge is 0.180 e. The summed E-state index contributed by atoms with van der Waals surface area (Å²) in [6.45, 7) is 0. The summed E-state index contributed by atoms with van der Waals surface area (Å²) in [6.07, 6.45) is 10.4. The molecule has 0 saturated heterocycles. The molecule has 0 spiro atoms. The van der Waals surface area contributed by atoms with Gasteiger partial charge in [0.1, 0.15) is 0 Å². The van der Waals surface area contributed by atoms with Gasteiger partial charge in [-0.05, 0) is 23.3 Å². The SMILES string of the molecule is [O-][n+]1ccc(/C=C/c2ccncc2)cc1. The molecule has 0 bridgehead atoms. The maximum atomic E-state index is 10.8. The maximum Gasteiger partial charge on any atom is 0.180 e. The second-order valence-electron chi connectivity index (χ2n) is 3.11. The summed E-state index contributed by atoms with van der Waals surface area (Å²) < 4.78 is 0.768. The second kappa shape index (κ2) is 4.37. The molecule has 2 aromatic rings. The van der Waals surface area contributed by atoms with Crippen LogP contribution in [0.4, 0.5) is 0 Å². The van der Waals surface area contributed by atoms with Crippen molar-refractivity contribution < 1.29 is 4.73 Å². The molecule has 0 radical (unpaired) electrons. The van der Waals surface area contributed by atoms with E-state index < -0.39 is 0 Å². The van der Waals surface area contributed by atoms with Gasteiger partial charge in [-0.1, -0.05) is 12.2 Å². The van der Waals surface area contributed by atoms with Crippen molar-refractivity contribution >= 4 is 12.2 Å². The van der Waals surface area contributed by atoms with Gasteiger partial charge >= 0.3 is 0 Å². The van der Waals surface area contributed by atoms with Gasteiger partial charge in [-0.3, -0.25) is 4.98 Å². The topological polar surface area (TPSA) is 39.8 Å². The second-order valence-corrected chi connectivity index (χ2v) is 3.11. The van der Waals surface area contributed by atoms with Crippen LogP contribution < -0.4 is 4.73 Å². The fourth-order valence-electron chi connectivity index (χ4n) is 1.20. The molecular formula is C12H10N2O. The first-order valence-corrected chi connectivity index (χ1v) is 4.61. The normalized spacial score (nSPS) is 10.7. The van der Waals surface area contributed by atoms with Crippen molar-refractivity contribution in [1.29, 1.82) is 0 Å². The van der Waals surface area contributed by atoms with Crippen LogP contribution in [0.1, 0.15) is 11.1 Å². The summed E-state index contributed by atoms with van der Waals surface area (Å²) in [4.78, 5) is 3.93. The molecule has 74 valence electrons. The highest BCUT2D eigenvalue weighted by atomic mass is 16.5. The summed E-state index contributed by atoms with van der Waals surface area (Å²) in [7, 11) is 0. The van der Waals surface area contributed by atoms with Crippen molar-refractivity contribution in [1.82, 2.24) is 4.98 Å². The average molecular weight is 198 g/mol. The van der Waals surface area contributed by atoms with E-state index in [1.54, 1.807) is 24.5 Å². The Morgan fingerprint density at radius 2 is 1.47 bits per heavy atom. The van der Waals surface area contributed by atoms with Crippen LogP contribution in [0, 0.1) is 5.21 Å². The van der Waals surface area contributed by atoms with E-state index in [4.69, 9.17) is 0 Å². The summed E-state index contributed by atoms with van der Waals surface area (Å²) in [6, 6.07) is 7.38. The first kappa shape index (κ1) is 9.40. The molecule has 0 aromatic carbocycles. The molecule has 0 saturated carbocycles. The van der Waals surface area contributed by atoms with Crippen molar-refractivity contribution in [2.45, 2.75) is 0 Å². The minimum atomic E-state index is 0.768. The average Bonchev–Trinajstić information content (AvgIpc) is 2.30. The minimum Gasteiger partial charge on any atom is -0.619 e. The molecule has 0 aliphatic rings. The first-order chi connectivity index (χ1) is 7.34. The Morgan fingerprint density at radius 3 is 2.07 bits per heavy atom. The lowest BCUT2D eigenvalue weighted by Gasteiger charge is -1.95. The van der Waals surface area contributed by atoms with E-state index in [0.717, 1.165) is 15.9 Å². The van der Waals surface area contributed by atoms with Gasteiger partial charge in [0.15, 0.2) is 12.4 Å². The van der Waals surface area contributed by atoms with Crippen LogP contribution in [0.15, 0.2) is 49.1 Å². The number of aromatic nitrogens is 2. The van der Waals surface area contributed by atoms with E-state index in [-0.39, 0.29) is 0 Å².